The van der Waals surface area contributed by atoms with Gasteiger partial charge in [0.05, 0.1) is 0 Å². The van der Waals surface area contributed by atoms with Gasteiger partial charge in [-0.1, -0.05) is 39.8 Å². The van der Waals surface area contributed by atoms with Gasteiger partial charge in [0.1, 0.15) is 0 Å². The highest BCUT2D eigenvalue weighted by Gasteiger charge is 2.23. The van der Waals surface area contributed by atoms with Crippen molar-refractivity contribution in [1.29, 1.82) is 0 Å². The summed E-state index contributed by atoms with van der Waals surface area (Å²) in [6.07, 6.45) is 5.74. The van der Waals surface area contributed by atoms with Crippen LogP contribution < -0.4 is 5.32 Å². The Balaban J connectivity index is 0.000000671. The molecule has 0 bridgehead atoms. The third-order valence-electron chi connectivity index (χ3n) is 2.22. The summed E-state index contributed by atoms with van der Waals surface area (Å²) >= 11 is 0. The van der Waals surface area contributed by atoms with Gasteiger partial charge in [0, 0.05) is 12.1 Å². The van der Waals surface area contributed by atoms with E-state index >= 15 is 0 Å². The molecule has 1 heteroatoms. The summed E-state index contributed by atoms with van der Waals surface area (Å²) < 4.78 is 0. The van der Waals surface area contributed by atoms with E-state index < -0.39 is 0 Å². The first-order valence-corrected chi connectivity index (χ1v) is 5.34. The van der Waals surface area contributed by atoms with Gasteiger partial charge in [-0.2, -0.15) is 0 Å². The van der Waals surface area contributed by atoms with E-state index in [1.807, 2.05) is 13.8 Å². The van der Waals surface area contributed by atoms with E-state index in [0.717, 1.165) is 13.0 Å². The van der Waals surface area contributed by atoms with Crippen LogP contribution in [0.4, 0.5) is 0 Å². The van der Waals surface area contributed by atoms with Crippen LogP contribution in [-0.2, 0) is 0 Å². The average molecular weight is 183 g/mol. The molecular formula is C12H25N. The van der Waals surface area contributed by atoms with Crippen LogP contribution in [0.2, 0.25) is 0 Å². The molecule has 0 saturated heterocycles. The second-order valence-electron chi connectivity index (χ2n) is 4.83. The van der Waals surface area contributed by atoms with Crippen LogP contribution >= 0.6 is 0 Å². The van der Waals surface area contributed by atoms with Crippen molar-refractivity contribution in [2.24, 2.45) is 5.41 Å². The molecule has 1 N–H and O–H groups in total. The largest absolute Gasteiger partial charge is 0.311 e. The fourth-order valence-corrected chi connectivity index (χ4v) is 1.27. The van der Waals surface area contributed by atoms with Crippen LogP contribution in [0, 0.1) is 5.41 Å². The highest BCUT2D eigenvalue weighted by molar-refractivity contribution is 5.03. The average Bonchev–Trinajstić information content (AvgIpc) is 2.15. The van der Waals surface area contributed by atoms with Gasteiger partial charge in [-0.15, -0.1) is 0 Å². The minimum absolute atomic E-state index is 0.282. The first-order chi connectivity index (χ1) is 5.91. The smallest absolute Gasteiger partial charge is 0.0159 e. The summed E-state index contributed by atoms with van der Waals surface area (Å²) in [4.78, 5) is 0. The topological polar surface area (TPSA) is 12.0 Å². The summed E-state index contributed by atoms with van der Waals surface area (Å²) in [6.45, 7) is 14.1. The quantitative estimate of drug-likeness (QED) is 0.568. The predicted octanol–water partition coefficient (Wildman–Crippen LogP) is 3.37. The van der Waals surface area contributed by atoms with Gasteiger partial charge in [0.2, 0.25) is 0 Å². The summed E-state index contributed by atoms with van der Waals surface area (Å²) in [5.74, 6) is 0. The molecule has 1 heterocycles. The maximum absolute atomic E-state index is 3.55. The molecule has 0 aliphatic carbocycles. The fourth-order valence-electron chi connectivity index (χ4n) is 1.27. The number of hydrogen-bond acceptors (Lipinski definition) is 1. The van der Waals surface area contributed by atoms with Crippen molar-refractivity contribution in [3.8, 4) is 0 Å². The standard InChI is InChI=1S/C10H19N.C2H6/c1-9(2)6-5-7-10(3,4)11-8-9;1-2/h5-6,11H,7-8H2,1-4H3;1-2H3. The Morgan fingerprint density at radius 2 is 1.62 bits per heavy atom. The van der Waals surface area contributed by atoms with Gasteiger partial charge in [-0.05, 0) is 25.7 Å². The molecule has 13 heavy (non-hydrogen) atoms. The van der Waals surface area contributed by atoms with Crippen LogP contribution in [0.3, 0.4) is 0 Å². The second-order valence-corrected chi connectivity index (χ2v) is 4.83. The molecular weight excluding hydrogens is 158 g/mol. The molecule has 0 aromatic carbocycles. The molecule has 0 aromatic heterocycles. The first-order valence-electron chi connectivity index (χ1n) is 5.34. The Kier molecular flexibility index (Phi) is 4.69. The monoisotopic (exact) mass is 183 g/mol. The van der Waals surface area contributed by atoms with Crippen LogP contribution in [0.15, 0.2) is 12.2 Å². The predicted molar refractivity (Wildman–Crippen MR) is 61.0 cm³/mol. The van der Waals surface area contributed by atoms with Crippen molar-refractivity contribution in [3.05, 3.63) is 12.2 Å². The zero-order valence-corrected chi connectivity index (χ0v) is 10.1. The Hall–Kier alpha value is -0.300. The minimum Gasteiger partial charge on any atom is -0.311 e. The molecule has 1 rings (SSSR count). The van der Waals surface area contributed by atoms with E-state index in [2.05, 4.69) is 45.2 Å². The summed E-state index contributed by atoms with van der Waals surface area (Å²) in [5, 5.41) is 3.55. The zero-order valence-electron chi connectivity index (χ0n) is 10.1. The van der Waals surface area contributed by atoms with E-state index in [1.54, 1.807) is 0 Å². The summed E-state index contributed by atoms with van der Waals surface area (Å²) in [5.41, 5.74) is 0.609. The molecule has 0 amide bonds. The van der Waals surface area contributed by atoms with Gasteiger partial charge < -0.3 is 5.32 Å². The third-order valence-corrected chi connectivity index (χ3v) is 2.22. The normalized spacial score (nSPS) is 24.2. The van der Waals surface area contributed by atoms with Gasteiger partial charge >= 0.3 is 0 Å². The molecule has 0 aromatic rings. The van der Waals surface area contributed by atoms with Gasteiger partial charge in [0.15, 0.2) is 0 Å². The van der Waals surface area contributed by atoms with Crippen LogP contribution in [0.1, 0.15) is 48.0 Å². The zero-order chi connectivity index (χ0) is 10.5. The maximum atomic E-state index is 3.55. The van der Waals surface area contributed by atoms with E-state index in [9.17, 15) is 0 Å². The first kappa shape index (κ1) is 12.7. The molecule has 1 aliphatic rings. The second kappa shape index (κ2) is 4.80. The maximum Gasteiger partial charge on any atom is 0.0159 e. The van der Waals surface area contributed by atoms with E-state index in [1.165, 1.54) is 0 Å². The molecule has 0 unspecified atom stereocenters. The van der Waals surface area contributed by atoms with Crippen molar-refractivity contribution in [2.45, 2.75) is 53.5 Å². The lowest BCUT2D eigenvalue weighted by atomic mass is 9.94. The molecule has 0 radical (unpaired) electrons. The number of nitrogens with one attached hydrogen (secondary N) is 1. The van der Waals surface area contributed by atoms with Gasteiger partial charge in [-0.3, -0.25) is 0 Å². The lowest BCUT2D eigenvalue weighted by molar-refractivity contribution is 0.342. The minimum atomic E-state index is 0.282. The molecule has 0 fully saturated rings. The van der Waals surface area contributed by atoms with E-state index in [-0.39, 0.29) is 5.54 Å². The van der Waals surface area contributed by atoms with Gasteiger partial charge in [0.25, 0.3) is 0 Å². The van der Waals surface area contributed by atoms with E-state index in [4.69, 9.17) is 0 Å². The highest BCUT2D eigenvalue weighted by Crippen LogP contribution is 2.23. The number of rotatable bonds is 0. The number of hydrogen-bond donors (Lipinski definition) is 1. The molecule has 1 aliphatic heterocycles. The van der Waals surface area contributed by atoms with Crippen LogP contribution in [0.5, 0.6) is 0 Å². The van der Waals surface area contributed by atoms with Crippen molar-refractivity contribution in [2.75, 3.05) is 6.54 Å². The van der Waals surface area contributed by atoms with Crippen LogP contribution in [-0.4, -0.2) is 12.1 Å². The van der Waals surface area contributed by atoms with Gasteiger partial charge in [-0.25, -0.2) is 0 Å². The van der Waals surface area contributed by atoms with Crippen molar-refractivity contribution >= 4 is 0 Å². The summed E-state index contributed by atoms with van der Waals surface area (Å²) in [7, 11) is 0. The fraction of sp³-hybridized carbons (Fsp3) is 0.833. The SMILES string of the molecule is CC.CC1(C)C=CCC(C)(C)NC1. The lowest BCUT2D eigenvalue weighted by Crippen LogP contribution is -2.41. The summed E-state index contributed by atoms with van der Waals surface area (Å²) in [6, 6.07) is 0. The van der Waals surface area contributed by atoms with Crippen molar-refractivity contribution in [3.63, 3.8) is 0 Å². The molecule has 0 spiro atoms. The molecule has 0 atom stereocenters. The van der Waals surface area contributed by atoms with Crippen molar-refractivity contribution < 1.29 is 0 Å². The highest BCUT2D eigenvalue weighted by atomic mass is 15.0. The third kappa shape index (κ3) is 5.09. The molecule has 78 valence electrons. The molecule has 0 saturated carbocycles. The Morgan fingerprint density at radius 3 is 2.15 bits per heavy atom. The van der Waals surface area contributed by atoms with Crippen LogP contribution in [0.25, 0.3) is 0 Å². The van der Waals surface area contributed by atoms with E-state index in [0.29, 0.717) is 5.41 Å². The Labute approximate surface area is 83.6 Å². The van der Waals surface area contributed by atoms with Crippen molar-refractivity contribution in [1.82, 2.24) is 5.32 Å². The Morgan fingerprint density at radius 1 is 1.08 bits per heavy atom. The lowest BCUT2D eigenvalue weighted by Gasteiger charge is -2.27. The molecule has 1 nitrogen and oxygen atoms in total. The Bertz CT molecular complexity index is 166.